The largest absolute Gasteiger partial charge is 0.493 e. The van der Waals surface area contributed by atoms with Crippen LogP contribution in [0.1, 0.15) is 37.2 Å². The van der Waals surface area contributed by atoms with Crippen molar-refractivity contribution in [2.45, 2.75) is 37.6 Å². The van der Waals surface area contributed by atoms with Crippen LogP contribution in [0.15, 0.2) is 24.3 Å². The number of benzene rings is 1. The zero-order valence-corrected chi connectivity index (χ0v) is 13.0. The molecule has 2 N–H and O–H groups in total. The summed E-state index contributed by atoms with van der Waals surface area (Å²) in [4.78, 5) is 12.1. The van der Waals surface area contributed by atoms with Crippen LogP contribution in [0.25, 0.3) is 0 Å². The van der Waals surface area contributed by atoms with E-state index in [1.807, 2.05) is 18.2 Å². The van der Waals surface area contributed by atoms with Crippen LogP contribution in [0.3, 0.4) is 0 Å². The third-order valence-corrected chi connectivity index (χ3v) is 4.23. The van der Waals surface area contributed by atoms with E-state index < -0.39 is 0 Å². The van der Waals surface area contributed by atoms with Gasteiger partial charge in [-0.2, -0.15) is 0 Å². The molecule has 21 heavy (non-hydrogen) atoms. The number of para-hydroxylation sites is 1. The highest BCUT2D eigenvalue weighted by Gasteiger charge is 2.24. The second-order valence-electron chi connectivity index (χ2n) is 5.62. The summed E-state index contributed by atoms with van der Waals surface area (Å²) in [5.74, 6) is 1.48. The molecule has 1 fully saturated rings. The molecule has 0 radical (unpaired) electrons. The fraction of sp³-hybridized carbons (Fsp3) is 0.562. The van der Waals surface area contributed by atoms with Crippen molar-refractivity contribution in [2.24, 2.45) is 0 Å². The predicted molar refractivity (Wildman–Crippen MR) is 85.2 cm³/mol. The molecule has 2 unspecified atom stereocenters. The Kier molecular flexibility index (Phi) is 5.88. The number of carbonyl (C=O) groups excluding carboxylic acids is 1. The van der Waals surface area contributed by atoms with Crippen molar-refractivity contribution in [1.82, 2.24) is 10.6 Å². The van der Waals surface area contributed by atoms with E-state index in [1.54, 1.807) is 0 Å². The minimum atomic E-state index is -0.00108. The topological polar surface area (TPSA) is 50.4 Å². The Morgan fingerprint density at radius 1 is 1.29 bits per heavy atom. The van der Waals surface area contributed by atoms with Gasteiger partial charge in [0.1, 0.15) is 5.75 Å². The molecule has 0 spiro atoms. The summed E-state index contributed by atoms with van der Waals surface area (Å²) in [6, 6.07) is 8.13. The van der Waals surface area contributed by atoms with Gasteiger partial charge >= 0.3 is 0 Å². The maximum absolute atomic E-state index is 12.1. The van der Waals surface area contributed by atoms with Crippen LogP contribution in [0.4, 0.5) is 0 Å². The normalized spacial score (nSPS) is 24.2. The Balaban J connectivity index is 0.00000161. The zero-order valence-electron chi connectivity index (χ0n) is 12.1. The predicted octanol–water partition coefficient (Wildman–Crippen LogP) is 2.23. The summed E-state index contributed by atoms with van der Waals surface area (Å²) in [5, 5.41) is 6.40. The third-order valence-electron chi connectivity index (χ3n) is 4.23. The highest BCUT2D eigenvalue weighted by molar-refractivity contribution is 5.85. The van der Waals surface area contributed by atoms with Gasteiger partial charge in [0.25, 0.3) is 0 Å². The Labute approximate surface area is 132 Å². The van der Waals surface area contributed by atoms with Gasteiger partial charge in [0.2, 0.25) is 5.91 Å². The van der Waals surface area contributed by atoms with Gasteiger partial charge in [0.05, 0.1) is 12.6 Å². The van der Waals surface area contributed by atoms with E-state index in [1.165, 1.54) is 12.0 Å². The van der Waals surface area contributed by atoms with E-state index in [-0.39, 0.29) is 24.4 Å². The molecule has 5 heteroatoms. The Morgan fingerprint density at radius 3 is 2.95 bits per heavy atom. The van der Waals surface area contributed by atoms with E-state index in [9.17, 15) is 4.79 Å². The first-order chi connectivity index (χ1) is 9.84. The molecule has 0 aromatic heterocycles. The van der Waals surface area contributed by atoms with Crippen molar-refractivity contribution >= 4 is 18.3 Å². The molecule has 0 bridgehead atoms. The number of halogens is 1. The number of nitrogens with one attached hydrogen (secondary N) is 2. The molecule has 2 aliphatic heterocycles. The minimum absolute atomic E-state index is 0. The van der Waals surface area contributed by atoms with Crippen LogP contribution < -0.4 is 15.4 Å². The smallest absolute Gasteiger partial charge is 0.237 e. The Bertz CT molecular complexity index is 475. The van der Waals surface area contributed by atoms with Gasteiger partial charge in [-0.05, 0) is 37.4 Å². The van der Waals surface area contributed by atoms with E-state index >= 15 is 0 Å². The maximum atomic E-state index is 12.1. The Hall–Kier alpha value is -1.26. The molecule has 0 aliphatic carbocycles. The van der Waals surface area contributed by atoms with Crippen LogP contribution in [0.2, 0.25) is 0 Å². The summed E-state index contributed by atoms with van der Waals surface area (Å²) in [6.07, 6.45) is 4.24. The summed E-state index contributed by atoms with van der Waals surface area (Å²) < 4.78 is 5.65. The van der Waals surface area contributed by atoms with Crippen molar-refractivity contribution in [3.8, 4) is 5.75 Å². The molecule has 4 nitrogen and oxygen atoms in total. The minimum Gasteiger partial charge on any atom is -0.493 e. The van der Waals surface area contributed by atoms with Gasteiger partial charge in [-0.3, -0.25) is 4.79 Å². The quantitative estimate of drug-likeness (QED) is 0.900. The molecule has 2 aliphatic rings. The molecule has 1 amide bonds. The standard InChI is InChI=1S/C16H22N2O2.ClH/c19-16(14-6-3-4-9-17-14)18-11-12-8-10-20-15-7-2-1-5-13(12)15;/h1-2,5,7,12,14,17H,3-4,6,8-11H2,(H,18,19);1H. The first kappa shape index (κ1) is 16.1. The van der Waals surface area contributed by atoms with Crippen molar-refractivity contribution in [1.29, 1.82) is 0 Å². The number of piperidine rings is 1. The first-order valence-electron chi connectivity index (χ1n) is 7.57. The fourth-order valence-corrected chi connectivity index (χ4v) is 3.05. The van der Waals surface area contributed by atoms with Crippen LogP contribution >= 0.6 is 12.4 Å². The first-order valence-corrected chi connectivity index (χ1v) is 7.57. The molecule has 116 valence electrons. The lowest BCUT2D eigenvalue weighted by Crippen LogP contribution is -2.47. The number of hydrogen-bond acceptors (Lipinski definition) is 3. The van der Waals surface area contributed by atoms with Gasteiger partial charge < -0.3 is 15.4 Å². The van der Waals surface area contributed by atoms with E-state index in [0.717, 1.165) is 38.2 Å². The van der Waals surface area contributed by atoms with Gasteiger partial charge in [-0.1, -0.05) is 24.6 Å². The van der Waals surface area contributed by atoms with E-state index in [4.69, 9.17) is 4.74 Å². The van der Waals surface area contributed by atoms with Gasteiger partial charge in [-0.15, -0.1) is 12.4 Å². The van der Waals surface area contributed by atoms with Crippen LogP contribution in [0, 0.1) is 0 Å². The lowest BCUT2D eigenvalue weighted by atomic mass is 9.93. The van der Waals surface area contributed by atoms with Gasteiger partial charge in [0.15, 0.2) is 0 Å². The Morgan fingerprint density at radius 2 is 2.14 bits per heavy atom. The second-order valence-corrected chi connectivity index (χ2v) is 5.62. The average molecular weight is 311 g/mol. The summed E-state index contributed by atoms with van der Waals surface area (Å²) in [6.45, 7) is 2.40. The zero-order chi connectivity index (χ0) is 13.8. The monoisotopic (exact) mass is 310 g/mol. The van der Waals surface area contributed by atoms with Crippen molar-refractivity contribution in [2.75, 3.05) is 19.7 Å². The van der Waals surface area contributed by atoms with Crippen molar-refractivity contribution in [3.05, 3.63) is 29.8 Å². The van der Waals surface area contributed by atoms with Gasteiger partial charge in [-0.25, -0.2) is 0 Å². The average Bonchev–Trinajstić information content (AvgIpc) is 2.53. The molecule has 1 saturated heterocycles. The molecule has 2 heterocycles. The number of hydrogen-bond donors (Lipinski definition) is 2. The number of ether oxygens (including phenoxy) is 1. The van der Waals surface area contributed by atoms with Crippen LogP contribution in [-0.2, 0) is 4.79 Å². The molecule has 3 rings (SSSR count). The second kappa shape index (κ2) is 7.66. The highest BCUT2D eigenvalue weighted by Crippen LogP contribution is 2.32. The van der Waals surface area contributed by atoms with Crippen LogP contribution in [-0.4, -0.2) is 31.6 Å². The molecular weight excluding hydrogens is 288 g/mol. The summed E-state index contributed by atoms with van der Waals surface area (Å²) in [5.41, 5.74) is 1.22. The molecule has 1 aromatic rings. The van der Waals surface area contributed by atoms with E-state index in [2.05, 4.69) is 16.7 Å². The van der Waals surface area contributed by atoms with Crippen molar-refractivity contribution < 1.29 is 9.53 Å². The molecule has 0 saturated carbocycles. The SMILES string of the molecule is Cl.O=C(NCC1CCOc2ccccc21)C1CCCCN1. The van der Waals surface area contributed by atoms with Crippen LogP contribution in [0.5, 0.6) is 5.75 Å². The number of carbonyl (C=O) groups is 1. The maximum Gasteiger partial charge on any atom is 0.237 e. The lowest BCUT2D eigenvalue weighted by Gasteiger charge is -2.27. The summed E-state index contributed by atoms with van der Waals surface area (Å²) >= 11 is 0. The number of rotatable bonds is 3. The molecular formula is C16H23ClN2O2. The number of fused-ring (bicyclic) bond motifs is 1. The third kappa shape index (κ3) is 3.89. The lowest BCUT2D eigenvalue weighted by molar-refractivity contribution is -0.123. The number of amides is 1. The molecule has 1 aromatic carbocycles. The van der Waals surface area contributed by atoms with Gasteiger partial charge in [0, 0.05) is 12.5 Å². The highest BCUT2D eigenvalue weighted by atomic mass is 35.5. The fourth-order valence-electron chi connectivity index (χ4n) is 3.05. The summed E-state index contributed by atoms with van der Waals surface area (Å²) in [7, 11) is 0. The molecule has 2 atom stereocenters. The van der Waals surface area contributed by atoms with E-state index in [0.29, 0.717) is 12.5 Å². The van der Waals surface area contributed by atoms with Crippen molar-refractivity contribution in [3.63, 3.8) is 0 Å².